The molecule has 0 aliphatic heterocycles. The van der Waals surface area contributed by atoms with Crippen molar-refractivity contribution >= 4 is 17.8 Å². The summed E-state index contributed by atoms with van der Waals surface area (Å²) in [5.41, 5.74) is 5.07. The van der Waals surface area contributed by atoms with E-state index in [1.807, 2.05) is 0 Å². The van der Waals surface area contributed by atoms with Crippen LogP contribution in [0.15, 0.2) is 18.3 Å². The molecule has 0 aromatic carbocycles. The number of carboxylic acid groups (broad SMARTS) is 1. The van der Waals surface area contributed by atoms with Crippen molar-refractivity contribution in [3.63, 3.8) is 0 Å². The van der Waals surface area contributed by atoms with Crippen molar-refractivity contribution in [2.45, 2.75) is 18.9 Å². The Hall–Kier alpha value is -2.64. The minimum absolute atomic E-state index is 0.0843. The van der Waals surface area contributed by atoms with Gasteiger partial charge in [-0.1, -0.05) is 0 Å². The Morgan fingerprint density at radius 1 is 1.50 bits per heavy atom. The first-order valence-corrected chi connectivity index (χ1v) is 5.76. The predicted molar refractivity (Wildman–Crippen MR) is 68.1 cm³/mol. The Labute approximate surface area is 114 Å². The molecule has 0 bridgehead atoms. The third-order valence-electron chi connectivity index (χ3n) is 2.49. The maximum atomic E-state index is 12.0. The maximum Gasteiger partial charge on any atom is 0.326 e. The summed E-state index contributed by atoms with van der Waals surface area (Å²) >= 11 is 0. The number of pyridine rings is 1. The molecule has 20 heavy (non-hydrogen) atoms. The number of methoxy groups -OCH3 is 1. The van der Waals surface area contributed by atoms with Gasteiger partial charge >= 0.3 is 5.97 Å². The van der Waals surface area contributed by atoms with Crippen molar-refractivity contribution in [1.29, 1.82) is 0 Å². The van der Waals surface area contributed by atoms with Crippen molar-refractivity contribution < 1.29 is 24.2 Å². The fraction of sp³-hybridized carbons (Fsp3) is 0.333. The van der Waals surface area contributed by atoms with Gasteiger partial charge in [-0.25, -0.2) is 9.78 Å². The topological polar surface area (TPSA) is 132 Å². The van der Waals surface area contributed by atoms with E-state index in [2.05, 4.69) is 10.3 Å². The van der Waals surface area contributed by atoms with Gasteiger partial charge in [-0.05, 0) is 18.6 Å². The van der Waals surface area contributed by atoms with Crippen LogP contribution in [0.1, 0.15) is 23.2 Å². The first-order chi connectivity index (χ1) is 9.45. The van der Waals surface area contributed by atoms with Crippen LogP contribution >= 0.6 is 0 Å². The fourth-order valence-corrected chi connectivity index (χ4v) is 1.51. The van der Waals surface area contributed by atoms with Gasteiger partial charge in [0.1, 0.15) is 11.6 Å². The molecule has 1 atom stereocenters. The number of aliphatic carboxylic acids is 1. The van der Waals surface area contributed by atoms with Crippen molar-refractivity contribution in [1.82, 2.24) is 10.3 Å². The summed E-state index contributed by atoms with van der Waals surface area (Å²) in [7, 11) is 1.35. The third kappa shape index (κ3) is 4.23. The Bertz CT molecular complexity index is 518. The Kier molecular flexibility index (Phi) is 5.45. The van der Waals surface area contributed by atoms with Crippen LogP contribution in [-0.2, 0) is 9.59 Å². The molecule has 2 amide bonds. The first kappa shape index (κ1) is 15.4. The molecule has 0 unspecified atom stereocenters. The summed E-state index contributed by atoms with van der Waals surface area (Å²) in [4.78, 5) is 37.5. The highest BCUT2D eigenvalue weighted by atomic mass is 16.5. The Morgan fingerprint density at radius 2 is 2.20 bits per heavy atom. The molecule has 0 spiro atoms. The molecular weight excluding hydrogens is 266 g/mol. The number of nitrogens with two attached hydrogens (primary N) is 1. The highest BCUT2D eigenvalue weighted by Gasteiger charge is 2.23. The zero-order valence-corrected chi connectivity index (χ0v) is 10.8. The summed E-state index contributed by atoms with van der Waals surface area (Å²) in [5, 5.41) is 11.3. The molecule has 108 valence electrons. The lowest BCUT2D eigenvalue weighted by Gasteiger charge is -2.14. The van der Waals surface area contributed by atoms with Gasteiger partial charge in [0.05, 0.1) is 7.11 Å². The SMILES string of the molecule is COc1ncccc1C(=O)N[C@H](CCC(N)=O)C(=O)O. The standard InChI is InChI=1S/C12H15N3O5/c1-20-11-7(3-2-6-14-11)10(17)15-8(12(18)19)4-5-9(13)16/h2-3,6,8H,4-5H2,1H3,(H2,13,16)(H,15,17)(H,18,19)/t8-/m1/s1. The minimum Gasteiger partial charge on any atom is -0.480 e. The van der Waals surface area contributed by atoms with E-state index in [9.17, 15) is 14.4 Å². The van der Waals surface area contributed by atoms with Gasteiger partial charge in [-0.2, -0.15) is 0 Å². The summed E-state index contributed by atoms with van der Waals surface area (Å²) in [5.74, 6) is -2.44. The van der Waals surface area contributed by atoms with E-state index in [0.717, 1.165) is 0 Å². The molecule has 1 rings (SSSR count). The summed E-state index contributed by atoms with van der Waals surface area (Å²) < 4.78 is 4.91. The normalized spacial score (nSPS) is 11.4. The summed E-state index contributed by atoms with van der Waals surface area (Å²) in [6.07, 6.45) is 1.22. The number of carbonyl (C=O) groups is 3. The number of hydrogen-bond acceptors (Lipinski definition) is 5. The van der Waals surface area contributed by atoms with Crippen molar-refractivity contribution in [2.75, 3.05) is 7.11 Å². The van der Waals surface area contributed by atoms with Crippen LogP contribution in [0.5, 0.6) is 5.88 Å². The van der Waals surface area contributed by atoms with Crippen LogP contribution in [-0.4, -0.2) is 41.0 Å². The van der Waals surface area contributed by atoms with Crippen LogP contribution in [0.3, 0.4) is 0 Å². The van der Waals surface area contributed by atoms with Crippen LogP contribution < -0.4 is 15.8 Å². The zero-order valence-electron chi connectivity index (χ0n) is 10.8. The van der Waals surface area contributed by atoms with E-state index >= 15 is 0 Å². The minimum atomic E-state index is -1.25. The van der Waals surface area contributed by atoms with Crippen molar-refractivity contribution in [3.05, 3.63) is 23.9 Å². The summed E-state index contributed by atoms with van der Waals surface area (Å²) in [6.45, 7) is 0. The highest BCUT2D eigenvalue weighted by Crippen LogP contribution is 2.13. The molecule has 1 aromatic rings. The number of carboxylic acids is 1. The quantitative estimate of drug-likeness (QED) is 0.619. The number of aromatic nitrogens is 1. The number of nitrogens with zero attached hydrogens (tertiary/aromatic N) is 1. The molecule has 8 nitrogen and oxygen atoms in total. The lowest BCUT2D eigenvalue weighted by molar-refractivity contribution is -0.139. The highest BCUT2D eigenvalue weighted by molar-refractivity contribution is 5.98. The largest absolute Gasteiger partial charge is 0.480 e. The number of carbonyl (C=O) groups excluding carboxylic acids is 2. The van der Waals surface area contributed by atoms with Gasteiger partial charge in [0, 0.05) is 12.6 Å². The van der Waals surface area contributed by atoms with E-state index in [-0.39, 0.29) is 24.3 Å². The monoisotopic (exact) mass is 281 g/mol. The van der Waals surface area contributed by atoms with Crippen molar-refractivity contribution in [3.8, 4) is 5.88 Å². The molecule has 0 aliphatic rings. The van der Waals surface area contributed by atoms with E-state index in [1.54, 1.807) is 0 Å². The van der Waals surface area contributed by atoms with Crippen LogP contribution in [0.25, 0.3) is 0 Å². The first-order valence-electron chi connectivity index (χ1n) is 5.76. The summed E-state index contributed by atoms with van der Waals surface area (Å²) in [6, 6.07) is 1.77. The molecule has 0 saturated carbocycles. The fourth-order valence-electron chi connectivity index (χ4n) is 1.51. The smallest absolute Gasteiger partial charge is 0.326 e. The molecule has 8 heteroatoms. The third-order valence-corrected chi connectivity index (χ3v) is 2.49. The van der Waals surface area contributed by atoms with E-state index in [0.29, 0.717) is 0 Å². The van der Waals surface area contributed by atoms with Crippen LogP contribution in [0, 0.1) is 0 Å². The van der Waals surface area contributed by atoms with E-state index in [4.69, 9.17) is 15.6 Å². The average molecular weight is 281 g/mol. The van der Waals surface area contributed by atoms with Gasteiger partial charge in [0.25, 0.3) is 5.91 Å². The van der Waals surface area contributed by atoms with Gasteiger partial charge in [-0.15, -0.1) is 0 Å². The molecule has 1 aromatic heterocycles. The molecular formula is C12H15N3O5. The predicted octanol–water partition coefficient (Wildman–Crippen LogP) is -0.461. The Morgan fingerprint density at radius 3 is 2.75 bits per heavy atom. The van der Waals surface area contributed by atoms with E-state index < -0.39 is 23.8 Å². The number of amides is 2. The number of nitrogens with one attached hydrogen (secondary N) is 1. The maximum absolute atomic E-state index is 12.0. The number of ether oxygens (including phenoxy) is 1. The molecule has 0 radical (unpaired) electrons. The lowest BCUT2D eigenvalue weighted by atomic mass is 10.1. The second-order valence-corrected chi connectivity index (χ2v) is 3.93. The molecule has 0 aliphatic carbocycles. The van der Waals surface area contributed by atoms with Gasteiger partial charge in [0.2, 0.25) is 11.8 Å². The number of rotatable bonds is 7. The van der Waals surface area contributed by atoms with E-state index in [1.165, 1.54) is 25.4 Å². The Balaban J connectivity index is 2.80. The molecule has 0 fully saturated rings. The average Bonchev–Trinajstić information content (AvgIpc) is 2.42. The van der Waals surface area contributed by atoms with Gasteiger partial charge in [0.15, 0.2) is 0 Å². The van der Waals surface area contributed by atoms with Gasteiger partial charge < -0.3 is 20.9 Å². The molecule has 1 heterocycles. The van der Waals surface area contributed by atoms with Gasteiger partial charge in [-0.3, -0.25) is 9.59 Å². The van der Waals surface area contributed by atoms with Crippen molar-refractivity contribution in [2.24, 2.45) is 5.73 Å². The lowest BCUT2D eigenvalue weighted by Crippen LogP contribution is -2.41. The second kappa shape index (κ2) is 7.07. The molecule has 4 N–H and O–H groups in total. The second-order valence-electron chi connectivity index (χ2n) is 3.93. The number of primary amides is 1. The van der Waals surface area contributed by atoms with Crippen LogP contribution in [0.4, 0.5) is 0 Å². The van der Waals surface area contributed by atoms with Crippen LogP contribution in [0.2, 0.25) is 0 Å². The molecule has 0 saturated heterocycles. The zero-order chi connectivity index (χ0) is 15.1. The number of hydrogen-bond donors (Lipinski definition) is 3.